The Hall–Kier alpha value is -1.99. The monoisotopic (exact) mass is 318 g/mol. The molecule has 21 heavy (non-hydrogen) atoms. The molecular formula is C16H12Cl2N2O. The zero-order valence-electron chi connectivity index (χ0n) is 11.0. The van der Waals surface area contributed by atoms with Crippen molar-refractivity contribution in [3.63, 3.8) is 0 Å². The molecule has 1 amide bonds. The lowest BCUT2D eigenvalue weighted by molar-refractivity contribution is 0.102. The van der Waals surface area contributed by atoms with Gasteiger partial charge in [-0.1, -0.05) is 35.0 Å². The molecule has 0 saturated carbocycles. The van der Waals surface area contributed by atoms with Crippen molar-refractivity contribution in [2.45, 2.75) is 0 Å². The van der Waals surface area contributed by atoms with Crippen LogP contribution in [0.1, 0.15) is 15.9 Å². The third-order valence-electron chi connectivity index (χ3n) is 2.66. The maximum absolute atomic E-state index is 12.1. The maximum Gasteiger partial charge on any atom is 0.255 e. The molecule has 0 atom stereocenters. The van der Waals surface area contributed by atoms with Gasteiger partial charge < -0.3 is 11.1 Å². The summed E-state index contributed by atoms with van der Waals surface area (Å²) in [6.45, 7) is 0.315. The summed E-state index contributed by atoms with van der Waals surface area (Å²) in [5.74, 6) is 5.42. The van der Waals surface area contributed by atoms with Gasteiger partial charge >= 0.3 is 0 Å². The second-order valence-corrected chi connectivity index (χ2v) is 4.98. The van der Waals surface area contributed by atoms with E-state index in [1.165, 1.54) is 6.07 Å². The average Bonchev–Trinajstić information content (AvgIpc) is 2.49. The summed E-state index contributed by atoms with van der Waals surface area (Å²) in [4.78, 5) is 12.1. The van der Waals surface area contributed by atoms with Gasteiger partial charge in [0.15, 0.2) is 0 Å². The standard InChI is InChI=1S/C16H12Cl2N2O/c17-14-8-5-12(10-15(14)18)16(21)20-13-6-3-11(4-7-13)2-1-9-19/h3-8,10H,9,19H2,(H,20,21). The first-order valence-corrected chi connectivity index (χ1v) is 6.91. The lowest BCUT2D eigenvalue weighted by Gasteiger charge is -2.06. The summed E-state index contributed by atoms with van der Waals surface area (Å²) < 4.78 is 0. The van der Waals surface area contributed by atoms with Gasteiger partial charge in [-0.25, -0.2) is 0 Å². The summed E-state index contributed by atoms with van der Waals surface area (Å²) in [5, 5.41) is 3.53. The molecule has 106 valence electrons. The molecule has 0 aliphatic carbocycles. The van der Waals surface area contributed by atoms with E-state index in [0.29, 0.717) is 27.8 Å². The van der Waals surface area contributed by atoms with Gasteiger partial charge in [0.05, 0.1) is 16.6 Å². The van der Waals surface area contributed by atoms with Gasteiger partial charge in [-0.15, -0.1) is 0 Å². The number of carbonyl (C=O) groups is 1. The van der Waals surface area contributed by atoms with Crippen LogP contribution in [-0.4, -0.2) is 12.5 Å². The average molecular weight is 319 g/mol. The SMILES string of the molecule is NCC#Cc1ccc(NC(=O)c2ccc(Cl)c(Cl)c2)cc1. The molecule has 2 rings (SSSR count). The largest absolute Gasteiger partial charge is 0.322 e. The topological polar surface area (TPSA) is 55.1 Å². The second-order valence-electron chi connectivity index (χ2n) is 4.17. The highest BCUT2D eigenvalue weighted by molar-refractivity contribution is 6.42. The second kappa shape index (κ2) is 7.14. The van der Waals surface area contributed by atoms with Gasteiger partial charge in [-0.2, -0.15) is 0 Å². The molecule has 0 aliphatic heterocycles. The highest BCUT2D eigenvalue weighted by atomic mass is 35.5. The molecule has 0 unspecified atom stereocenters. The Balaban J connectivity index is 2.10. The van der Waals surface area contributed by atoms with E-state index in [1.807, 2.05) is 12.1 Å². The third kappa shape index (κ3) is 4.24. The van der Waals surface area contributed by atoms with Crippen molar-refractivity contribution in [3.8, 4) is 11.8 Å². The minimum absolute atomic E-state index is 0.255. The van der Waals surface area contributed by atoms with Crippen molar-refractivity contribution in [2.75, 3.05) is 11.9 Å². The number of rotatable bonds is 2. The summed E-state index contributed by atoms with van der Waals surface area (Å²) >= 11 is 11.7. The molecule has 2 aromatic carbocycles. The minimum Gasteiger partial charge on any atom is -0.322 e. The van der Waals surface area contributed by atoms with Crippen LogP contribution in [0.4, 0.5) is 5.69 Å². The zero-order chi connectivity index (χ0) is 15.2. The molecule has 0 radical (unpaired) electrons. The number of nitrogens with one attached hydrogen (secondary N) is 1. The first kappa shape index (κ1) is 15.4. The number of amides is 1. The molecule has 0 aromatic heterocycles. The van der Waals surface area contributed by atoms with E-state index < -0.39 is 0 Å². The number of nitrogens with two attached hydrogens (primary N) is 1. The number of hydrogen-bond acceptors (Lipinski definition) is 2. The van der Waals surface area contributed by atoms with E-state index in [2.05, 4.69) is 17.2 Å². The van der Waals surface area contributed by atoms with Crippen LogP contribution in [0, 0.1) is 11.8 Å². The van der Waals surface area contributed by atoms with Gasteiger partial charge in [-0.05, 0) is 42.5 Å². The Morgan fingerprint density at radius 2 is 1.81 bits per heavy atom. The molecule has 0 heterocycles. The number of benzene rings is 2. The molecule has 5 heteroatoms. The van der Waals surface area contributed by atoms with Crippen LogP contribution in [0.25, 0.3) is 0 Å². The van der Waals surface area contributed by atoms with Gasteiger partial charge in [0.2, 0.25) is 0 Å². The van der Waals surface area contributed by atoms with E-state index in [9.17, 15) is 4.79 Å². The fourth-order valence-electron chi connectivity index (χ4n) is 1.63. The summed E-state index contributed by atoms with van der Waals surface area (Å²) in [6, 6.07) is 11.9. The number of carbonyl (C=O) groups excluding carboxylic acids is 1. The Kier molecular flexibility index (Phi) is 5.24. The summed E-state index contributed by atoms with van der Waals surface area (Å²) in [6.07, 6.45) is 0. The van der Waals surface area contributed by atoms with E-state index in [-0.39, 0.29) is 5.91 Å². The van der Waals surface area contributed by atoms with Crippen LogP contribution in [-0.2, 0) is 0 Å². The highest BCUT2D eigenvalue weighted by Crippen LogP contribution is 2.23. The van der Waals surface area contributed by atoms with Crippen molar-refractivity contribution in [1.29, 1.82) is 0 Å². The van der Waals surface area contributed by atoms with Gasteiger partial charge in [0.1, 0.15) is 0 Å². The van der Waals surface area contributed by atoms with Crippen LogP contribution in [0.3, 0.4) is 0 Å². The van der Waals surface area contributed by atoms with E-state index >= 15 is 0 Å². The molecule has 0 fully saturated rings. The molecular weight excluding hydrogens is 307 g/mol. The Labute approximate surface area is 133 Å². The number of halogens is 2. The van der Waals surface area contributed by atoms with Crippen molar-refractivity contribution in [1.82, 2.24) is 0 Å². The minimum atomic E-state index is -0.255. The summed E-state index contributed by atoms with van der Waals surface area (Å²) in [5.41, 5.74) is 7.26. The van der Waals surface area contributed by atoms with Gasteiger partial charge in [0.25, 0.3) is 5.91 Å². The zero-order valence-corrected chi connectivity index (χ0v) is 12.5. The van der Waals surface area contributed by atoms with Crippen LogP contribution < -0.4 is 11.1 Å². The molecule has 3 nitrogen and oxygen atoms in total. The molecule has 0 bridgehead atoms. The maximum atomic E-state index is 12.1. The Morgan fingerprint density at radius 3 is 2.43 bits per heavy atom. The fourth-order valence-corrected chi connectivity index (χ4v) is 1.93. The predicted octanol–water partition coefficient (Wildman–Crippen LogP) is 3.56. The Morgan fingerprint density at radius 1 is 1.10 bits per heavy atom. The van der Waals surface area contributed by atoms with Crippen molar-refractivity contribution < 1.29 is 4.79 Å². The van der Waals surface area contributed by atoms with Crippen LogP contribution >= 0.6 is 23.2 Å². The van der Waals surface area contributed by atoms with Gasteiger partial charge in [-0.3, -0.25) is 4.79 Å². The van der Waals surface area contributed by atoms with Crippen molar-refractivity contribution in [2.24, 2.45) is 5.73 Å². The van der Waals surface area contributed by atoms with Crippen molar-refractivity contribution in [3.05, 3.63) is 63.6 Å². The predicted molar refractivity (Wildman–Crippen MR) is 86.8 cm³/mol. The van der Waals surface area contributed by atoms with Gasteiger partial charge in [0, 0.05) is 16.8 Å². The van der Waals surface area contributed by atoms with Crippen molar-refractivity contribution >= 4 is 34.8 Å². The quantitative estimate of drug-likeness (QED) is 0.832. The summed E-state index contributed by atoms with van der Waals surface area (Å²) in [7, 11) is 0. The van der Waals surface area contributed by atoms with Crippen LogP contribution in [0.2, 0.25) is 10.0 Å². The molecule has 0 aliphatic rings. The highest BCUT2D eigenvalue weighted by Gasteiger charge is 2.08. The van der Waals surface area contributed by atoms with Crippen LogP contribution in [0.5, 0.6) is 0 Å². The Bertz CT molecular complexity index is 715. The lowest BCUT2D eigenvalue weighted by Crippen LogP contribution is -2.11. The molecule has 3 N–H and O–H groups in total. The smallest absolute Gasteiger partial charge is 0.255 e. The molecule has 0 spiro atoms. The van der Waals surface area contributed by atoms with E-state index in [4.69, 9.17) is 28.9 Å². The first-order valence-electron chi connectivity index (χ1n) is 6.15. The fraction of sp³-hybridized carbons (Fsp3) is 0.0625. The molecule has 2 aromatic rings. The third-order valence-corrected chi connectivity index (χ3v) is 3.40. The lowest BCUT2D eigenvalue weighted by atomic mass is 10.2. The van der Waals surface area contributed by atoms with E-state index in [0.717, 1.165) is 5.56 Å². The number of hydrogen-bond donors (Lipinski definition) is 2. The first-order chi connectivity index (χ1) is 10.1. The molecule has 0 saturated heterocycles. The number of anilines is 1. The normalized spacial score (nSPS) is 9.67. The van der Waals surface area contributed by atoms with E-state index in [1.54, 1.807) is 24.3 Å². The van der Waals surface area contributed by atoms with Crippen LogP contribution in [0.15, 0.2) is 42.5 Å².